The maximum absolute atomic E-state index is 13.1. The van der Waals surface area contributed by atoms with Crippen molar-refractivity contribution in [1.29, 1.82) is 0 Å². The molecular formula is C58H52N12O10. The number of nitrogens with zero attached hydrogens (tertiary/aromatic N) is 8. The average molecular weight is 1080 g/mol. The van der Waals surface area contributed by atoms with Crippen LogP contribution in [-0.2, 0) is 4.74 Å². The number of aromatic nitrogens is 8. The molecule has 5 N–H and O–H groups in total. The monoisotopic (exact) mass is 1080 g/mol. The van der Waals surface area contributed by atoms with E-state index in [0.717, 1.165) is 5.56 Å². The van der Waals surface area contributed by atoms with E-state index in [1.165, 1.54) is 26.4 Å². The van der Waals surface area contributed by atoms with Crippen LogP contribution in [0.1, 0.15) is 62.2 Å². The Bertz CT molecular complexity index is 3910. The molecule has 4 aromatic carbocycles. The van der Waals surface area contributed by atoms with Crippen molar-refractivity contribution in [3.05, 3.63) is 181 Å². The summed E-state index contributed by atoms with van der Waals surface area (Å²) < 4.78 is 29.8. The first-order valence-electron chi connectivity index (χ1n) is 24.5. The fourth-order valence-corrected chi connectivity index (χ4v) is 7.94. The standard InChI is InChI=1S/C31H30N6O5.C27H22N6O5/c1-31(2,3)42-30(39)19-9-11-22(12-10-19)33-28(38)21-8-6-7-20(17-21)23-18-24(27-32-15-16-37(27)36-23)34-26-14-13-25(40-4)29(35-26)41-5;1-37-22-10-11-23(31-26(22)38-2)30-21-15-20(32-33-13-12-28-24(21)33)17-4-3-5-18(14-17)25(34)29-19-8-6-16(7-9-19)27(35)36/h6-18H,1-5H3,(H,33,38)(H,34,35);3-15H,1-2H3,(H,29,34)(H,30,31)(H,35,36). The number of imidazole rings is 2. The number of ether oxygens (including phenoxy) is 5. The molecule has 0 bridgehead atoms. The summed E-state index contributed by atoms with van der Waals surface area (Å²) in [7, 11) is 6.13. The molecule has 0 aliphatic heterocycles. The number of carboxylic acid groups (broad SMARTS) is 1. The van der Waals surface area contributed by atoms with Crippen LogP contribution in [-0.4, -0.2) is 102 Å². The van der Waals surface area contributed by atoms with Gasteiger partial charge in [0, 0.05) is 58.4 Å². The maximum Gasteiger partial charge on any atom is 0.338 e. The van der Waals surface area contributed by atoms with E-state index in [1.807, 2.05) is 45.0 Å². The summed E-state index contributed by atoms with van der Waals surface area (Å²) in [4.78, 5) is 67.1. The summed E-state index contributed by atoms with van der Waals surface area (Å²) in [5.74, 6) is 0.639. The van der Waals surface area contributed by atoms with Gasteiger partial charge in [0.2, 0.25) is 0 Å². The minimum absolute atomic E-state index is 0.138. The number of carbonyl (C=O) groups is 4. The molecule has 0 fully saturated rings. The predicted octanol–water partition coefficient (Wildman–Crippen LogP) is 10.3. The van der Waals surface area contributed by atoms with Crippen LogP contribution in [0, 0.1) is 0 Å². The van der Waals surface area contributed by atoms with E-state index in [1.54, 1.807) is 145 Å². The molecule has 0 spiro atoms. The number of hydrogen-bond acceptors (Lipinski definition) is 17. The molecule has 6 heterocycles. The van der Waals surface area contributed by atoms with Gasteiger partial charge in [0.05, 0.1) is 62.3 Å². The molecule has 80 heavy (non-hydrogen) atoms. The van der Waals surface area contributed by atoms with Crippen LogP contribution in [0.25, 0.3) is 33.8 Å². The van der Waals surface area contributed by atoms with E-state index in [9.17, 15) is 19.2 Å². The minimum atomic E-state index is -1.03. The van der Waals surface area contributed by atoms with Crippen molar-refractivity contribution in [3.63, 3.8) is 0 Å². The predicted molar refractivity (Wildman–Crippen MR) is 299 cm³/mol. The Morgan fingerprint density at radius 3 is 1.35 bits per heavy atom. The van der Waals surface area contributed by atoms with Crippen molar-refractivity contribution in [2.45, 2.75) is 26.4 Å². The number of nitrogens with one attached hydrogen (secondary N) is 4. The molecule has 0 aliphatic carbocycles. The highest BCUT2D eigenvalue weighted by atomic mass is 16.6. The summed E-state index contributed by atoms with van der Waals surface area (Å²) in [6.07, 6.45) is 6.75. The first-order valence-corrected chi connectivity index (χ1v) is 24.5. The number of esters is 1. The molecule has 0 aliphatic rings. The van der Waals surface area contributed by atoms with Gasteiger partial charge in [-0.2, -0.15) is 20.2 Å². The van der Waals surface area contributed by atoms with Crippen molar-refractivity contribution in [3.8, 4) is 45.8 Å². The average Bonchev–Trinajstić information content (AvgIpc) is 4.19. The first-order chi connectivity index (χ1) is 38.6. The zero-order chi connectivity index (χ0) is 56.5. The third kappa shape index (κ3) is 12.7. The number of rotatable bonds is 16. The lowest BCUT2D eigenvalue weighted by Crippen LogP contribution is -2.23. The van der Waals surface area contributed by atoms with Crippen LogP contribution < -0.4 is 40.2 Å². The summed E-state index contributed by atoms with van der Waals surface area (Å²) in [5, 5.41) is 30.6. The molecule has 22 heteroatoms. The van der Waals surface area contributed by atoms with Crippen LogP contribution in [0.3, 0.4) is 0 Å². The molecule has 0 saturated heterocycles. The van der Waals surface area contributed by atoms with E-state index in [0.29, 0.717) is 103 Å². The molecule has 404 valence electrons. The Kier molecular flexibility index (Phi) is 15.9. The molecule has 0 unspecified atom stereocenters. The molecule has 2 amide bonds. The lowest BCUT2D eigenvalue weighted by Gasteiger charge is -2.19. The van der Waals surface area contributed by atoms with E-state index < -0.39 is 17.5 Å². The van der Waals surface area contributed by atoms with Gasteiger partial charge in [-0.05, 0) is 130 Å². The number of hydrogen-bond donors (Lipinski definition) is 5. The number of anilines is 6. The van der Waals surface area contributed by atoms with E-state index in [4.69, 9.17) is 28.8 Å². The van der Waals surface area contributed by atoms with Crippen molar-refractivity contribution in [2.75, 3.05) is 49.7 Å². The smallest absolute Gasteiger partial charge is 0.338 e. The number of aromatic carboxylic acids is 1. The van der Waals surface area contributed by atoms with Gasteiger partial charge in [0.25, 0.3) is 23.6 Å². The van der Waals surface area contributed by atoms with Crippen LogP contribution in [0.4, 0.5) is 34.4 Å². The lowest BCUT2D eigenvalue weighted by atomic mass is 10.1. The Labute approximate surface area is 457 Å². The maximum atomic E-state index is 13.1. The van der Waals surface area contributed by atoms with Gasteiger partial charge in [0.1, 0.15) is 17.2 Å². The molecule has 22 nitrogen and oxygen atoms in total. The van der Waals surface area contributed by atoms with Gasteiger partial charge in [-0.25, -0.2) is 28.6 Å². The van der Waals surface area contributed by atoms with Gasteiger partial charge in [-0.3, -0.25) is 9.59 Å². The summed E-state index contributed by atoms with van der Waals surface area (Å²) >= 11 is 0. The van der Waals surface area contributed by atoms with E-state index in [-0.39, 0.29) is 17.4 Å². The Morgan fingerprint density at radius 2 is 0.950 bits per heavy atom. The van der Waals surface area contributed by atoms with Crippen molar-refractivity contribution in [2.24, 2.45) is 0 Å². The summed E-state index contributed by atoms with van der Waals surface area (Å²) in [6, 6.07) is 37.4. The topological polar surface area (TPSA) is 269 Å². The van der Waals surface area contributed by atoms with Gasteiger partial charge in [-0.1, -0.05) is 24.3 Å². The van der Waals surface area contributed by atoms with Crippen LogP contribution in [0.2, 0.25) is 0 Å². The number of carboxylic acids is 1. The first kappa shape index (κ1) is 53.9. The molecular weight excluding hydrogens is 1020 g/mol. The van der Waals surface area contributed by atoms with Gasteiger partial charge in [0.15, 0.2) is 22.8 Å². The van der Waals surface area contributed by atoms with Crippen LogP contribution >= 0.6 is 0 Å². The second-order valence-corrected chi connectivity index (χ2v) is 18.4. The molecule has 6 aromatic heterocycles. The SMILES string of the molecule is COc1ccc(Nc2cc(-c3cccc(C(=O)Nc4ccc(C(=O)O)cc4)c3)nn3ccnc23)nc1OC.COc1ccc(Nc2cc(-c3cccc(C(=O)Nc4ccc(C(=O)OC(C)(C)C)cc4)c3)nn3ccnc23)nc1OC. The summed E-state index contributed by atoms with van der Waals surface area (Å²) in [6.45, 7) is 5.43. The van der Waals surface area contributed by atoms with E-state index in [2.05, 4.69) is 51.4 Å². The lowest BCUT2D eigenvalue weighted by molar-refractivity contribution is 0.00690. The quantitative estimate of drug-likeness (QED) is 0.0563. The molecule has 0 radical (unpaired) electrons. The van der Waals surface area contributed by atoms with Crippen molar-refractivity contribution >= 4 is 69.4 Å². The van der Waals surface area contributed by atoms with Gasteiger partial charge in [-0.15, -0.1) is 0 Å². The zero-order valence-corrected chi connectivity index (χ0v) is 44.2. The molecule has 10 aromatic rings. The number of methoxy groups -OCH3 is 4. The molecule has 0 atom stereocenters. The van der Waals surface area contributed by atoms with Crippen LogP contribution in [0.15, 0.2) is 158 Å². The number of amides is 2. The minimum Gasteiger partial charge on any atom is -0.491 e. The fraction of sp³-hybridized carbons (Fsp3) is 0.138. The van der Waals surface area contributed by atoms with Crippen molar-refractivity contribution in [1.82, 2.24) is 39.2 Å². The normalized spacial score (nSPS) is 10.9. The number of carbonyl (C=O) groups excluding carboxylic acids is 3. The number of benzene rings is 4. The Balaban J connectivity index is 0.000000195. The number of pyridine rings is 2. The van der Waals surface area contributed by atoms with Crippen LogP contribution in [0.5, 0.6) is 23.3 Å². The largest absolute Gasteiger partial charge is 0.491 e. The van der Waals surface area contributed by atoms with E-state index >= 15 is 0 Å². The highest BCUT2D eigenvalue weighted by Crippen LogP contribution is 2.33. The Morgan fingerprint density at radius 1 is 0.512 bits per heavy atom. The summed E-state index contributed by atoms with van der Waals surface area (Å²) in [5.41, 5.74) is 6.95. The second kappa shape index (κ2) is 23.6. The Hall–Kier alpha value is -10.9. The van der Waals surface area contributed by atoms with Crippen molar-refractivity contribution < 1.29 is 48.0 Å². The highest BCUT2D eigenvalue weighted by Gasteiger charge is 2.20. The fourth-order valence-electron chi connectivity index (χ4n) is 7.94. The van der Waals surface area contributed by atoms with Gasteiger partial charge >= 0.3 is 11.9 Å². The zero-order valence-electron chi connectivity index (χ0n) is 44.2. The van der Waals surface area contributed by atoms with Gasteiger partial charge < -0.3 is 50.1 Å². The second-order valence-electron chi connectivity index (χ2n) is 18.4. The highest BCUT2D eigenvalue weighted by molar-refractivity contribution is 6.06. The third-order valence-corrected chi connectivity index (χ3v) is 11.7. The molecule has 0 saturated carbocycles. The third-order valence-electron chi connectivity index (χ3n) is 11.7. The molecule has 10 rings (SSSR count). The number of fused-ring (bicyclic) bond motifs is 2.